The van der Waals surface area contributed by atoms with Gasteiger partial charge in [0.15, 0.2) is 5.58 Å². The summed E-state index contributed by atoms with van der Waals surface area (Å²) in [5.41, 5.74) is 8.13. The van der Waals surface area contributed by atoms with Gasteiger partial charge in [-0.3, -0.25) is 4.90 Å². The summed E-state index contributed by atoms with van der Waals surface area (Å²) in [6.45, 7) is 8.48. The Kier molecular flexibility index (Phi) is 3.06. The monoisotopic (exact) mass is 260 g/mol. The number of nitrogen functional groups attached to an aromatic ring is 1. The van der Waals surface area contributed by atoms with Crippen molar-refractivity contribution < 1.29 is 4.42 Å². The fourth-order valence-corrected chi connectivity index (χ4v) is 2.73. The SMILES string of the molecule is CCN1CCN(c2nc3c(N)cccc3o2)CC1C. The highest BCUT2D eigenvalue weighted by molar-refractivity contribution is 5.86. The van der Waals surface area contributed by atoms with Crippen LogP contribution in [-0.2, 0) is 0 Å². The van der Waals surface area contributed by atoms with E-state index in [-0.39, 0.29) is 0 Å². The first kappa shape index (κ1) is 12.3. The Morgan fingerprint density at radius 2 is 2.26 bits per heavy atom. The number of nitrogens with two attached hydrogens (primary N) is 1. The molecule has 0 spiro atoms. The van der Waals surface area contributed by atoms with Crippen molar-refractivity contribution in [2.75, 3.05) is 36.8 Å². The molecular weight excluding hydrogens is 240 g/mol. The van der Waals surface area contributed by atoms with Crippen molar-refractivity contribution in [3.63, 3.8) is 0 Å². The Balaban J connectivity index is 1.87. The molecule has 0 amide bonds. The van der Waals surface area contributed by atoms with Gasteiger partial charge in [0.1, 0.15) is 5.52 Å². The number of oxazole rings is 1. The Bertz CT molecular complexity index is 580. The largest absolute Gasteiger partial charge is 0.423 e. The zero-order chi connectivity index (χ0) is 13.4. The van der Waals surface area contributed by atoms with Crippen molar-refractivity contribution in [2.45, 2.75) is 19.9 Å². The van der Waals surface area contributed by atoms with Crippen LogP contribution < -0.4 is 10.6 Å². The molecule has 1 fully saturated rings. The minimum absolute atomic E-state index is 0.520. The maximum atomic E-state index is 5.92. The van der Waals surface area contributed by atoms with Crippen LogP contribution in [-0.4, -0.2) is 42.1 Å². The van der Waals surface area contributed by atoms with Gasteiger partial charge in [0.2, 0.25) is 0 Å². The third-order valence-corrected chi connectivity index (χ3v) is 3.88. The van der Waals surface area contributed by atoms with Crippen molar-refractivity contribution >= 4 is 22.8 Å². The molecule has 0 saturated carbocycles. The number of likely N-dealkylation sites (N-methyl/N-ethyl adjacent to an activating group) is 1. The first-order valence-corrected chi connectivity index (χ1v) is 6.83. The predicted octanol–water partition coefficient (Wildman–Crippen LogP) is 1.94. The molecule has 1 unspecified atom stereocenters. The molecule has 0 bridgehead atoms. The number of anilines is 2. The molecule has 2 N–H and O–H groups in total. The van der Waals surface area contributed by atoms with Crippen LogP contribution in [0.5, 0.6) is 0 Å². The van der Waals surface area contributed by atoms with Gasteiger partial charge in [-0.05, 0) is 25.6 Å². The normalized spacial score (nSPS) is 21.2. The topological polar surface area (TPSA) is 58.5 Å². The van der Waals surface area contributed by atoms with E-state index < -0.39 is 0 Å². The van der Waals surface area contributed by atoms with E-state index in [9.17, 15) is 0 Å². The van der Waals surface area contributed by atoms with Crippen LogP contribution in [0, 0.1) is 0 Å². The van der Waals surface area contributed by atoms with E-state index in [0.717, 1.165) is 37.3 Å². The van der Waals surface area contributed by atoms with Crippen LogP contribution in [0.2, 0.25) is 0 Å². The molecule has 1 aliphatic heterocycles. The van der Waals surface area contributed by atoms with Crippen molar-refractivity contribution in [1.29, 1.82) is 0 Å². The molecule has 19 heavy (non-hydrogen) atoms. The predicted molar refractivity (Wildman–Crippen MR) is 77.3 cm³/mol. The summed E-state index contributed by atoms with van der Waals surface area (Å²) >= 11 is 0. The molecule has 5 nitrogen and oxygen atoms in total. The highest BCUT2D eigenvalue weighted by atomic mass is 16.4. The van der Waals surface area contributed by atoms with E-state index in [1.54, 1.807) is 0 Å². The number of rotatable bonds is 2. The van der Waals surface area contributed by atoms with Crippen LogP contribution in [0.4, 0.5) is 11.7 Å². The minimum atomic E-state index is 0.520. The van der Waals surface area contributed by atoms with Crippen molar-refractivity contribution in [2.24, 2.45) is 0 Å². The van der Waals surface area contributed by atoms with Crippen LogP contribution in [0.1, 0.15) is 13.8 Å². The maximum Gasteiger partial charge on any atom is 0.298 e. The zero-order valence-corrected chi connectivity index (χ0v) is 11.5. The number of hydrogen-bond donors (Lipinski definition) is 1. The number of piperazine rings is 1. The summed E-state index contributed by atoms with van der Waals surface area (Å²) in [6, 6.07) is 6.87. The van der Waals surface area contributed by atoms with E-state index in [4.69, 9.17) is 10.2 Å². The first-order valence-electron chi connectivity index (χ1n) is 6.83. The molecule has 2 heterocycles. The molecule has 1 atom stereocenters. The van der Waals surface area contributed by atoms with Crippen LogP contribution in [0.15, 0.2) is 22.6 Å². The average Bonchev–Trinajstić information content (AvgIpc) is 2.84. The van der Waals surface area contributed by atoms with Gasteiger partial charge >= 0.3 is 0 Å². The third kappa shape index (κ3) is 2.14. The van der Waals surface area contributed by atoms with Gasteiger partial charge in [-0.25, -0.2) is 0 Å². The summed E-state index contributed by atoms with van der Waals surface area (Å²) in [6.07, 6.45) is 0. The van der Waals surface area contributed by atoms with Crippen LogP contribution >= 0.6 is 0 Å². The van der Waals surface area contributed by atoms with Gasteiger partial charge in [0.25, 0.3) is 6.01 Å². The fourth-order valence-electron chi connectivity index (χ4n) is 2.73. The van der Waals surface area contributed by atoms with Crippen molar-refractivity contribution in [3.05, 3.63) is 18.2 Å². The number of fused-ring (bicyclic) bond motifs is 1. The molecule has 3 rings (SSSR count). The minimum Gasteiger partial charge on any atom is -0.423 e. The highest BCUT2D eigenvalue weighted by Gasteiger charge is 2.25. The van der Waals surface area contributed by atoms with Crippen molar-refractivity contribution in [3.8, 4) is 0 Å². The van der Waals surface area contributed by atoms with E-state index >= 15 is 0 Å². The summed E-state index contributed by atoms with van der Waals surface area (Å²) in [5.74, 6) is 0. The quantitative estimate of drug-likeness (QED) is 0.836. The zero-order valence-electron chi connectivity index (χ0n) is 11.5. The van der Waals surface area contributed by atoms with Crippen molar-refractivity contribution in [1.82, 2.24) is 9.88 Å². The summed E-state index contributed by atoms with van der Waals surface area (Å²) in [4.78, 5) is 9.21. The van der Waals surface area contributed by atoms with Crippen LogP contribution in [0.25, 0.3) is 11.1 Å². The second-order valence-corrected chi connectivity index (χ2v) is 5.11. The highest BCUT2D eigenvalue weighted by Crippen LogP contribution is 2.27. The molecule has 2 aromatic rings. The first-order chi connectivity index (χ1) is 9.19. The molecular formula is C14H20N4O. The van der Waals surface area contributed by atoms with Gasteiger partial charge in [-0.15, -0.1) is 0 Å². The number of nitrogens with zero attached hydrogens (tertiary/aromatic N) is 3. The molecule has 102 valence electrons. The number of hydrogen-bond acceptors (Lipinski definition) is 5. The smallest absolute Gasteiger partial charge is 0.298 e. The summed E-state index contributed by atoms with van der Waals surface area (Å²) in [5, 5.41) is 0. The van der Waals surface area contributed by atoms with Gasteiger partial charge in [-0.2, -0.15) is 4.98 Å². The van der Waals surface area contributed by atoms with E-state index in [0.29, 0.717) is 17.7 Å². The number of para-hydroxylation sites is 1. The molecule has 0 radical (unpaired) electrons. The Labute approximate surface area is 113 Å². The standard InChI is InChI=1S/C14H20N4O/c1-3-17-7-8-18(9-10(17)2)14-16-13-11(15)5-4-6-12(13)19-14/h4-6,10H,3,7-9,15H2,1-2H3. The number of aromatic nitrogens is 1. The molecule has 0 aliphatic carbocycles. The molecule has 1 saturated heterocycles. The summed E-state index contributed by atoms with van der Waals surface area (Å²) in [7, 11) is 0. The van der Waals surface area contributed by atoms with Gasteiger partial charge < -0.3 is 15.1 Å². The fraction of sp³-hybridized carbons (Fsp3) is 0.500. The van der Waals surface area contributed by atoms with E-state index in [2.05, 4.69) is 28.6 Å². The molecule has 1 aliphatic rings. The Morgan fingerprint density at radius 3 is 2.95 bits per heavy atom. The lowest BCUT2D eigenvalue weighted by molar-refractivity contribution is 0.196. The number of benzene rings is 1. The van der Waals surface area contributed by atoms with Gasteiger partial charge in [-0.1, -0.05) is 13.0 Å². The van der Waals surface area contributed by atoms with Gasteiger partial charge in [0, 0.05) is 25.7 Å². The Hall–Kier alpha value is -1.75. The maximum absolute atomic E-state index is 5.92. The third-order valence-electron chi connectivity index (χ3n) is 3.88. The molecule has 5 heteroatoms. The Morgan fingerprint density at radius 1 is 1.42 bits per heavy atom. The molecule has 1 aromatic carbocycles. The second-order valence-electron chi connectivity index (χ2n) is 5.11. The lowest BCUT2D eigenvalue weighted by Crippen LogP contribution is -2.51. The van der Waals surface area contributed by atoms with E-state index in [1.807, 2.05) is 18.2 Å². The van der Waals surface area contributed by atoms with Crippen LogP contribution in [0.3, 0.4) is 0 Å². The van der Waals surface area contributed by atoms with Gasteiger partial charge in [0.05, 0.1) is 5.69 Å². The average molecular weight is 260 g/mol. The lowest BCUT2D eigenvalue weighted by Gasteiger charge is -2.38. The lowest BCUT2D eigenvalue weighted by atomic mass is 10.2. The second kappa shape index (κ2) is 4.74. The molecule has 1 aromatic heterocycles. The van der Waals surface area contributed by atoms with E-state index in [1.165, 1.54) is 0 Å². The summed E-state index contributed by atoms with van der Waals surface area (Å²) < 4.78 is 5.82.